The van der Waals surface area contributed by atoms with Crippen molar-refractivity contribution in [2.45, 2.75) is 58.2 Å². The number of methoxy groups -OCH3 is 1. The normalized spacial score (nSPS) is 12.7. The van der Waals surface area contributed by atoms with Crippen LogP contribution in [0, 0.1) is 0 Å². The SMILES string of the molecule is CCC(C)NC(=O)C(Cc1ccccc1)N(Cc1ccccc1)C(=O)CCCN(c1cccc(OC)c1)S(C)(=O)=O. The number of hydrogen-bond donors (Lipinski definition) is 1. The summed E-state index contributed by atoms with van der Waals surface area (Å²) in [6, 6.07) is 25.3. The maximum Gasteiger partial charge on any atom is 0.243 e. The number of carbonyl (C=O) groups excluding carboxylic acids is 2. The number of amides is 2. The molecule has 3 rings (SSSR count). The van der Waals surface area contributed by atoms with Gasteiger partial charge >= 0.3 is 0 Å². The van der Waals surface area contributed by atoms with Gasteiger partial charge in [0, 0.05) is 38.0 Å². The van der Waals surface area contributed by atoms with Crippen LogP contribution in [0.15, 0.2) is 84.9 Å². The highest BCUT2D eigenvalue weighted by atomic mass is 32.2. The fourth-order valence-electron chi connectivity index (χ4n) is 4.54. The number of carbonyl (C=O) groups is 2. The summed E-state index contributed by atoms with van der Waals surface area (Å²) < 4.78 is 31.8. The van der Waals surface area contributed by atoms with Crippen molar-refractivity contribution in [1.29, 1.82) is 0 Å². The number of hydrogen-bond acceptors (Lipinski definition) is 5. The Balaban J connectivity index is 1.87. The highest BCUT2D eigenvalue weighted by Crippen LogP contribution is 2.24. The quantitative estimate of drug-likeness (QED) is 0.279. The van der Waals surface area contributed by atoms with E-state index < -0.39 is 16.1 Å². The molecule has 1 N–H and O–H groups in total. The molecule has 2 atom stereocenters. The molecule has 0 spiro atoms. The van der Waals surface area contributed by atoms with Gasteiger partial charge < -0.3 is 15.0 Å². The van der Waals surface area contributed by atoms with Gasteiger partial charge in [-0.25, -0.2) is 8.42 Å². The van der Waals surface area contributed by atoms with Crippen LogP contribution in [-0.4, -0.2) is 57.1 Å². The Hall–Kier alpha value is -3.85. The fraction of sp³-hybridized carbons (Fsp3) is 0.375. The number of benzene rings is 3. The van der Waals surface area contributed by atoms with Crippen LogP contribution in [-0.2, 0) is 32.6 Å². The minimum atomic E-state index is -3.61. The Labute approximate surface area is 244 Å². The van der Waals surface area contributed by atoms with Gasteiger partial charge in [0.15, 0.2) is 0 Å². The van der Waals surface area contributed by atoms with E-state index in [4.69, 9.17) is 4.74 Å². The lowest BCUT2D eigenvalue weighted by Crippen LogP contribution is -2.52. The van der Waals surface area contributed by atoms with Crippen LogP contribution in [0.3, 0.4) is 0 Å². The molecule has 0 heterocycles. The zero-order chi connectivity index (χ0) is 29.8. The van der Waals surface area contributed by atoms with Gasteiger partial charge in [-0.3, -0.25) is 13.9 Å². The van der Waals surface area contributed by atoms with E-state index in [1.54, 1.807) is 29.2 Å². The average molecular weight is 580 g/mol. The molecule has 0 saturated heterocycles. The first-order valence-electron chi connectivity index (χ1n) is 13.9. The number of sulfonamides is 1. The molecule has 0 saturated carbocycles. The van der Waals surface area contributed by atoms with Crippen LogP contribution in [0.5, 0.6) is 5.75 Å². The Bertz CT molecular complexity index is 1370. The summed E-state index contributed by atoms with van der Waals surface area (Å²) in [5.74, 6) is 0.118. The van der Waals surface area contributed by atoms with Gasteiger partial charge in [-0.05, 0) is 43.0 Å². The van der Waals surface area contributed by atoms with E-state index in [2.05, 4.69) is 5.32 Å². The third kappa shape index (κ3) is 9.63. The standard InChI is InChI=1S/C32H41N3O5S/c1-5-25(2)33-32(37)30(22-26-14-8-6-9-15-26)34(24-27-16-10-7-11-17-27)31(36)20-13-21-35(41(4,38)39)28-18-12-19-29(23-28)40-3/h6-12,14-19,23,25,30H,5,13,20-22,24H2,1-4H3,(H,33,37). The molecule has 9 heteroatoms. The summed E-state index contributed by atoms with van der Waals surface area (Å²) in [5, 5.41) is 3.07. The zero-order valence-electron chi connectivity index (χ0n) is 24.3. The van der Waals surface area contributed by atoms with E-state index in [1.807, 2.05) is 74.5 Å². The van der Waals surface area contributed by atoms with Crippen molar-refractivity contribution in [3.63, 3.8) is 0 Å². The smallest absolute Gasteiger partial charge is 0.243 e. The zero-order valence-corrected chi connectivity index (χ0v) is 25.1. The fourth-order valence-corrected chi connectivity index (χ4v) is 5.50. The summed E-state index contributed by atoms with van der Waals surface area (Å²) in [6.07, 6.45) is 2.62. The molecule has 0 fully saturated rings. The van der Waals surface area contributed by atoms with Crippen molar-refractivity contribution in [3.8, 4) is 5.75 Å². The molecule has 2 amide bonds. The van der Waals surface area contributed by atoms with Crippen molar-refractivity contribution in [3.05, 3.63) is 96.1 Å². The van der Waals surface area contributed by atoms with Crippen LogP contribution in [0.1, 0.15) is 44.2 Å². The molecule has 220 valence electrons. The molecule has 2 unspecified atom stereocenters. The van der Waals surface area contributed by atoms with Crippen molar-refractivity contribution in [2.24, 2.45) is 0 Å². The molecular formula is C32H41N3O5S. The highest BCUT2D eigenvalue weighted by molar-refractivity contribution is 7.92. The van der Waals surface area contributed by atoms with E-state index in [9.17, 15) is 18.0 Å². The number of anilines is 1. The van der Waals surface area contributed by atoms with E-state index >= 15 is 0 Å². The summed E-state index contributed by atoms with van der Waals surface area (Å²) >= 11 is 0. The van der Waals surface area contributed by atoms with Gasteiger partial charge in [0.25, 0.3) is 0 Å². The number of ether oxygens (including phenoxy) is 1. The first kappa shape index (κ1) is 31.7. The molecule has 3 aromatic rings. The van der Waals surface area contributed by atoms with Crippen LogP contribution in [0.2, 0.25) is 0 Å². The molecule has 0 aromatic heterocycles. The molecule has 0 aliphatic rings. The topological polar surface area (TPSA) is 96.0 Å². The Morgan fingerprint density at radius 3 is 2.15 bits per heavy atom. The van der Waals surface area contributed by atoms with Gasteiger partial charge in [-0.2, -0.15) is 0 Å². The van der Waals surface area contributed by atoms with Gasteiger partial charge in [0.05, 0.1) is 19.1 Å². The lowest BCUT2D eigenvalue weighted by molar-refractivity contribution is -0.141. The maximum atomic E-state index is 13.9. The second-order valence-electron chi connectivity index (χ2n) is 10.2. The molecule has 3 aromatic carbocycles. The first-order chi connectivity index (χ1) is 19.6. The largest absolute Gasteiger partial charge is 0.497 e. The second kappa shape index (κ2) is 15.2. The number of nitrogens with zero attached hydrogens (tertiary/aromatic N) is 2. The molecule has 0 radical (unpaired) electrons. The Morgan fingerprint density at radius 1 is 0.927 bits per heavy atom. The predicted octanol–water partition coefficient (Wildman–Crippen LogP) is 4.80. The summed E-state index contributed by atoms with van der Waals surface area (Å²) in [6.45, 7) is 4.31. The molecule has 0 aliphatic heterocycles. The lowest BCUT2D eigenvalue weighted by Gasteiger charge is -2.32. The van der Waals surface area contributed by atoms with Crippen LogP contribution in [0.4, 0.5) is 5.69 Å². The number of nitrogens with one attached hydrogen (secondary N) is 1. The third-order valence-electron chi connectivity index (χ3n) is 6.96. The second-order valence-corrected chi connectivity index (χ2v) is 12.1. The minimum absolute atomic E-state index is 0.0411. The van der Waals surface area contributed by atoms with Crippen LogP contribution >= 0.6 is 0 Å². The highest BCUT2D eigenvalue weighted by Gasteiger charge is 2.31. The van der Waals surface area contributed by atoms with Gasteiger partial charge in [-0.1, -0.05) is 73.7 Å². The van der Waals surface area contributed by atoms with Crippen molar-refractivity contribution in [1.82, 2.24) is 10.2 Å². The molecule has 8 nitrogen and oxygen atoms in total. The maximum absolute atomic E-state index is 13.9. The lowest BCUT2D eigenvalue weighted by atomic mass is 10.0. The van der Waals surface area contributed by atoms with Crippen LogP contribution < -0.4 is 14.4 Å². The van der Waals surface area contributed by atoms with Gasteiger partial charge in [-0.15, -0.1) is 0 Å². The third-order valence-corrected chi connectivity index (χ3v) is 8.16. The average Bonchev–Trinajstić information content (AvgIpc) is 2.97. The summed E-state index contributed by atoms with van der Waals surface area (Å²) in [7, 11) is -2.09. The summed E-state index contributed by atoms with van der Waals surface area (Å²) in [4.78, 5) is 29.1. The van der Waals surface area contributed by atoms with E-state index in [1.165, 1.54) is 11.4 Å². The van der Waals surface area contributed by atoms with Gasteiger partial charge in [0.1, 0.15) is 11.8 Å². The molecule has 0 aliphatic carbocycles. The molecule has 41 heavy (non-hydrogen) atoms. The van der Waals surface area contributed by atoms with E-state index in [-0.39, 0.29) is 43.8 Å². The van der Waals surface area contributed by atoms with Crippen molar-refractivity contribution in [2.75, 3.05) is 24.2 Å². The molecular weight excluding hydrogens is 538 g/mol. The molecule has 0 bridgehead atoms. The van der Waals surface area contributed by atoms with Crippen molar-refractivity contribution >= 4 is 27.5 Å². The first-order valence-corrected chi connectivity index (χ1v) is 15.8. The monoisotopic (exact) mass is 579 g/mol. The Kier molecular flexibility index (Phi) is 11.8. The predicted molar refractivity (Wildman–Crippen MR) is 163 cm³/mol. The minimum Gasteiger partial charge on any atom is -0.497 e. The van der Waals surface area contributed by atoms with Crippen molar-refractivity contribution < 1.29 is 22.7 Å². The Morgan fingerprint density at radius 2 is 1.56 bits per heavy atom. The van der Waals surface area contributed by atoms with Crippen LogP contribution in [0.25, 0.3) is 0 Å². The van der Waals surface area contributed by atoms with E-state index in [0.717, 1.165) is 23.8 Å². The summed E-state index contributed by atoms with van der Waals surface area (Å²) in [5.41, 5.74) is 2.32. The number of rotatable bonds is 15. The van der Waals surface area contributed by atoms with E-state index in [0.29, 0.717) is 17.9 Å². The van der Waals surface area contributed by atoms with Gasteiger partial charge in [0.2, 0.25) is 21.8 Å².